The van der Waals surface area contributed by atoms with Gasteiger partial charge < -0.3 is 10.0 Å². The van der Waals surface area contributed by atoms with E-state index in [9.17, 15) is 5.11 Å². The Kier molecular flexibility index (Phi) is 3.70. The molecule has 1 heterocycles. The molecule has 2 rings (SSSR count). The molecular weight excluding hydrogens is 280 g/mol. The molecule has 1 saturated heterocycles. The van der Waals surface area contributed by atoms with Crippen molar-refractivity contribution in [3.63, 3.8) is 0 Å². The van der Waals surface area contributed by atoms with Crippen LogP contribution in [-0.4, -0.2) is 24.3 Å². The zero-order valence-corrected chi connectivity index (χ0v) is 11.3. The lowest BCUT2D eigenvalue weighted by atomic mass is 9.95. The van der Waals surface area contributed by atoms with Crippen molar-refractivity contribution < 1.29 is 5.11 Å². The predicted octanol–water partition coefficient (Wildman–Crippen LogP) is 2.53. The van der Waals surface area contributed by atoms with Gasteiger partial charge in [-0.3, -0.25) is 0 Å². The number of piperidine rings is 1. The molecule has 2 atom stereocenters. The van der Waals surface area contributed by atoms with Gasteiger partial charge in [-0.2, -0.15) is 5.26 Å². The maximum absolute atomic E-state index is 9.89. The van der Waals surface area contributed by atoms with Crippen molar-refractivity contribution in [3.05, 3.63) is 28.2 Å². The van der Waals surface area contributed by atoms with Crippen molar-refractivity contribution in [2.45, 2.75) is 19.4 Å². The molecule has 4 heteroatoms. The molecule has 0 amide bonds. The van der Waals surface area contributed by atoms with Crippen molar-refractivity contribution in [2.24, 2.45) is 5.92 Å². The Bertz CT molecular complexity index is 455. The average Bonchev–Trinajstić information content (AvgIpc) is 2.32. The van der Waals surface area contributed by atoms with Gasteiger partial charge in [0, 0.05) is 17.6 Å². The SMILES string of the molecule is C[C@@H]1CCN(c2ccc(Br)cc2C#N)C[C@@H]1O. The third-order valence-electron chi connectivity index (χ3n) is 3.34. The number of aliphatic hydroxyl groups excluding tert-OH is 1. The van der Waals surface area contributed by atoms with Gasteiger partial charge in [0.05, 0.1) is 17.4 Å². The van der Waals surface area contributed by atoms with Crippen molar-refractivity contribution in [3.8, 4) is 6.07 Å². The molecule has 0 radical (unpaired) electrons. The van der Waals surface area contributed by atoms with Gasteiger partial charge in [0.15, 0.2) is 0 Å². The topological polar surface area (TPSA) is 47.3 Å². The van der Waals surface area contributed by atoms with E-state index in [-0.39, 0.29) is 6.10 Å². The van der Waals surface area contributed by atoms with Gasteiger partial charge >= 0.3 is 0 Å². The van der Waals surface area contributed by atoms with Gasteiger partial charge in [-0.15, -0.1) is 0 Å². The molecule has 1 aliphatic heterocycles. The molecule has 0 aliphatic carbocycles. The summed E-state index contributed by atoms with van der Waals surface area (Å²) in [5.41, 5.74) is 1.57. The van der Waals surface area contributed by atoms with Gasteiger partial charge in [0.1, 0.15) is 6.07 Å². The summed E-state index contributed by atoms with van der Waals surface area (Å²) < 4.78 is 0.906. The molecule has 90 valence electrons. The van der Waals surface area contributed by atoms with E-state index in [0.29, 0.717) is 18.0 Å². The van der Waals surface area contributed by atoms with Gasteiger partial charge in [-0.25, -0.2) is 0 Å². The van der Waals surface area contributed by atoms with Crippen LogP contribution < -0.4 is 4.90 Å². The molecule has 1 aliphatic rings. The van der Waals surface area contributed by atoms with E-state index in [4.69, 9.17) is 5.26 Å². The van der Waals surface area contributed by atoms with Gasteiger partial charge in [-0.1, -0.05) is 22.9 Å². The third kappa shape index (κ3) is 2.62. The smallest absolute Gasteiger partial charge is 0.101 e. The summed E-state index contributed by atoms with van der Waals surface area (Å²) in [7, 11) is 0. The monoisotopic (exact) mass is 294 g/mol. The molecule has 0 saturated carbocycles. The minimum atomic E-state index is -0.307. The minimum absolute atomic E-state index is 0.307. The molecule has 0 aromatic heterocycles. The maximum atomic E-state index is 9.89. The Labute approximate surface area is 110 Å². The van der Waals surface area contributed by atoms with Crippen LogP contribution >= 0.6 is 15.9 Å². The van der Waals surface area contributed by atoms with E-state index >= 15 is 0 Å². The second-order valence-corrected chi connectivity index (χ2v) is 5.47. The maximum Gasteiger partial charge on any atom is 0.101 e. The number of nitrogens with zero attached hydrogens (tertiary/aromatic N) is 2. The summed E-state index contributed by atoms with van der Waals surface area (Å²) in [6.45, 7) is 3.57. The molecule has 1 aromatic rings. The molecule has 0 unspecified atom stereocenters. The molecule has 1 fully saturated rings. The Morgan fingerprint density at radius 2 is 2.29 bits per heavy atom. The van der Waals surface area contributed by atoms with Crippen molar-refractivity contribution in [1.29, 1.82) is 5.26 Å². The fraction of sp³-hybridized carbons (Fsp3) is 0.462. The van der Waals surface area contributed by atoms with Crippen molar-refractivity contribution >= 4 is 21.6 Å². The number of β-amino-alcohol motifs (C(OH)–C–C–N with tert-alkyl or cyclic N) is 1. The Morgan fingerprint density at radius 3 is 2.94 bits per heavy atom. The number of hydrogen-bond donors (Lipinski definition) is 1. The standard InChI is InChI=1S/C13H15BrN2O/c1-9-4-5-16(8-13(9)17)12-3-2-11(14)6-10(12)7-15/h2-3,6,9,13,17H,4-5,8H2,1H3/t9-,13+/m1/s1. The molecule has 1 N–H and O–H groups in total. The zero-order valence-electron chi connectivity index (χ0n) is 9.73. The highest BCUT2D eigenvalue weighted by Gasteiger charge is 2.25. The van der Waals surface area contributed by atoms with Gasteiger partial charge in [0.25, 0.3) is 0 Å². The van der Waals surface area contributed by atoms with Crippen molar-refractivity contribution in [2.75, 3.05) is 18.0 Å². The van der Waals surface area contributed by atoms with Crippen LogP contribution in [0.1, 0.15) is 18.9 Å². The zero-order chi connectivity index (χ0) is 12.4. The fourth-order valence-electron chi connectivity index (χ4n) is 2.14. The summed E-state index contributed by atoms with van der Waals surface area (Å²) in [6, 6.07) is 7.89. The lowest BCUT2D eigenvalue weighted by Crippen LogP contribution is -2.43. The summed E-state index contributed by atoms with van der Waals surface area (Å²) in [4.78, 5) is 2.09. The number of halogens is 1. The second-order valence-electron chi connectivity index (χ2n) is 4.55. The summed E-state index contributed by atoms with van der Waals surface area (Å²) in [5.74, 6) is 0.340. The highest BCUT2D eigenvalue weighted by atomic mass is 79.9. The number of nitriles is 1. The summed E-state index contributed by atoms with van der Waals surface area (Å²) in [6.07, 6.45) is 0.654. The van der Waals surface area contributed by atoms with Crippen LogP contribution in [0, 0.1) is 17.2 Å². The third-order valence-corrected chi connectivity index (χ3v) is 3.83. The summed E-state index contributed by atoms with van der Waals surface area (Å²) >= 11 is 3.36. The molecule has 1 aromatic carbocycles. The normalized spacial score (nSPS) is 24.5. The largest absolute Gasteiger partial charge is 0.391 e. The minimum Gasteiger partial charge on any atom is -0.391 e. The average molecular weight is 295 g/mol. The molecule has 0 bridgehead atoms. The van der Waals surface area contributed by atoms with E-state index in [2.05, 4.69) is 33.8 Å². The first-order valence-electron chi connectivity index (χ1n) is 5.74. The molecule has 17 heavy (non-hydrogen) atoms. The van der Waals surface area contributed by atoms with E-state index in [1.54, 1.807) is 0 Å². The molecule has 3 nitrogen and oxygen atoms in total. The van der Waals surface area contributed by atoms with Crippen LogP contribution in [-0.2, 0) is 0 Å². The van der Waals surface area contributed by atoms with Crippen LogP contribution in [0.2, 0.25) is 0 Å². The lowest BCUT2D eigenvalue weighted by molar-refractivity contribution is 0.103. The lowest BCUT2D eigenvalue weighted by Gasteiger charge is -2.36. The molecular formula is C13H15BrN2O. The van der Waals surface area contributed by atoms with Crippen LogP contribution in [0.25, 0.3) is 0 Å². The quantitative estimate of drug-likeness (QED) is 0.866. The highest BCUT2D eigenvalue weighted by Crippen LogP contribution is 2.28. The number of anilines is 1. The highest BCUT2D eigenvalue weighted by molar-refractivity contribution is 9.10. The first kappa shape index (κ1) is 12.4. The van der Waals surface area contributed by atoms with E-state index in [1.807, 2.05) is 18.2 Å². The Hall–Kier alpha value is -1.05. The van der Waals surface area contributed by atoms with Crippen LogP contribution in [0.4, 0.5) is 5.69 Å². The Balaban J connectivity index is 2.26. The number of aliphatic hydroxyl groups is 1. The number of hydrogen-bond acceptors (Lipinski definition) is 3. The van der Waals surface area contributed by atoms with Gasteiger partial charge in [-0.05, 0) is 30.5 Å². The fourth-order valence-corrected chi connectivity index (χ4v) is 2.50. The first-order valence-corrected chi connectivity index (χ1v) is 6.54. The predicted molar refractivity (Wildman–Crippen MR) is 70.9 cm³/mol. The van der Waals surface area contributed by atoms with Crippen LogP contribution in [0.15, 0.2) is 22.7 Å². The van der Waals surface area contributed by atoms with E-state index < -0.39 is 0 Å². The number of rotatable bonds is 1. The van der Waals surface area contributed by atoms with E-state index in [1.165, 1.54) is 0 Å². The second kappa shape index (κ2) is 5.07. The van der Waals surface area contributed by atoms with E-state index in [0.717, 1.165) is 23.1 Å². The first-order chi connectivity index (χ1) is 8.11. The van der Waals surface area contributed by atoms with Crippen molar-refractivity contribution in [1.82, 2.24) is 0 Å². The molecule has 0 spiro atoms. The van der Waals surface area contributed by atoms with Gasteiger partial charge in [0.2, 0.25) is 0 Å². The van der Waals surface area contributed by atoms with Crippen LogP contribution in [0.5, 0.6) is 0 Å². The number of benzene rings is 1. The van der Waals surface area contributed by atoms with Crippen LogP contribution in [0.3, 0.4) is 0 Å². The Morgan fingerprint density at radius 1 is 1.53 bits per heavy atom. The summed E-state index contributed by atoms with van der Waals surface area (Å²) in [5, 5.41) is 19.0.